The number of carbonyl (C=O) groups is 1. The van der Waals surface area contributed by atoms with Gasteiger partial charge in [0, 0.05) is 30.2 Å². The van der Waals surface area contributed by atoms with Crippen LogP contribution in [0.1, 0.15) is 12.5 Å². The zero-order valence-electron chi connectivity index (χ0n) is 12.1. The topological polar surface area (TPSA) is 64.8 Å². The van der Waals surface area contributed by atoms with Crippen LogP contribution >= 0.6 is 11.6 Å². The predicted octanol–water partition coefficient (Wildman–Crippen LogP) is 1.71. The minimum Gasteiger partial charge on any atom is -0.493 e. The van der Waals surface area contributed by atoms with Crippen molar-refractivity contribution in [1.82, 2.24) is 4.90 Å². The number of benzene rings is 1. The Balaban J connectivity index is 2.94. The van der Waals surface area contributed by atoms with Crippen molar-refractivity contribution in [1.29, 1.82) is 0 Å². The van der Waals surface area contributed by atoms with Gasteiger partial charge >= 0.3 is 0 Å². The van der Waals surface area contributed by atoms with Gasteiger partial charge in [0.25, 0.3) is 5.91 Å². The van der Waals surface area contributed by atoms with Crippen LogP contribution in [0.25, 0.3) is 0 Å². The summed E-state index contributed by atoms with van der Waals surface area (Å²) in [4.78, 5) is 13.4. The van der Waals surface area contributed by atoms with E-state index in [1.165, 1.54) is 7.11 Å². The molecule has 0 saturated carbocycles. The van der Waals surface area contributed by atoms with Crippen LogP contribution in [0, 0.1) is 0 Å². The number of amides is 1. The van der Waals surface area contributed by atoms with Crippen molar-refractivity contribution in [2.24, 2.45) is 5.73 Å². The molecule has 1 aromatic rings. The van der Waals surface area contributed by atoms with Gasteiger partial charge in [-0.2, -0.15) is 0 Å². The van der Waals surface area contributed by atoms with Crippen LogP contribution in [0.5, 0.6) is 11.5 Å². The molecule has 0 saturated heterocycles. The summed E-state index contributed by atoms with van der Waals surface area (Å²) in [6.45, 7) is 2.96. The van der Waals surface area contributed by atoms with E-state index in [9.17, 15) is 4.79 Å². The van der Waals surface area contributed by atoms with Crippen LogP contribution in [0.15, 0.2) is 12.1 Å². The standard InChI is InChI=1S/C14H21ClN2O3/c1-4-17(2)13(18)9-20-14-10(5-6-16)7-11(15)8-12(14)19-3/h7-8H,4-6,9,16H2,1-3H3. The summed E-state index contributed by atoms with van der Waals surface area (Å²) in [6, 6.07) is 3.44. The molecule has 0 unspecified atom stereocenters. The van der Waals surface area contributed by atoms with Crippen molar-refractivity contribution in [3.8, 4) is 11.5 Å². The minimum atomic E-state index is -0.0943. The highest BCUT2D eigenvalue weighted by atomic mass is 35.5. The average Bonchev–Trinajstić information content (AvgIpc) is 2.44. The Labute approximate surface area is 124 Å². The number of halogens is 1. The average molecular weight is 301 g/mol. The molecule has 1 aromatic carbocycles. The molecule has 20 heavy (non-hydrogen) atoms. The van der Waals surface area contributed by atoms with E-state index >= 15 is 0 Å². The Kier molecular flexibility index (Phi) is 6.61. The van der Waals surface area contributed by atoms with Crippen LogP contribution in [0.3, 0.4) is 0 Å². The van der Waals surface area contributed by atoms with E-state index in [4.69, 9.17) is 26.8 Å². The van der Waals surface area contributed by atoms with Gasteiger partial charge in [0.05, 0.1) is 7.11 Å². The minimum absolute atomic E-state index is 0.0418. The third-order valence-corrected chi connectivity index (χ3v) is 3.19. The largest absolute Gasteiger partial charge is 0.493 e. The maximum absolute atomic E-state index is 11.8. The van der Waals surface area contributed by atoms with Gasteiger partial charge in [0.15, 0.2) is 18.1 Å². The van der Waals surface area contributed by atoms with E-state index in [1.807, 2.05) is 6.92 Å². The van der Waals surface area contributed by atoms with Crippen LogP contribution in [-0.4, -0.2) is 44.7 Å². The molecule has 0 spiro atoms. The summed E-state index contributed by atoms with van der Waals surface area (Å²) in [5.74, 6) is 0.941. The number of nitrogens with two attached hydrogens (primary N) is 1. The molecule has 0 radical (unpaired) electrons. The maximum Gasteiger partial charge on any atom is 0.260 e. The van der Waals surface area contributed by atoms with Crippen LogP contribution in [0.4, 0.5) is 0 Å². The van der Waals surface area contributed by atoms with E-state index in [1.54, 1.807) is 24.1 Å². The van der Waals surface area contributed by atoms with Gasteiger partial charge in [-0.05, 0) is 26.0 Å². The lowest BCUT2D eigenvalue weighted by Crippen LogP contribution is -2.31. The molecule has 0 aliphatic carbocycles. The molecule has 5 nitrogen and oxygen atoms in total. The normalized spacial score (nSPS) is 10.2. The van der Waals surface area contributed by atoms with E-state index in [-0.39, 0.29) is 12.5 Å². The number of carbonyl (C=O) groups excluding carboxylic acids is 1. The molecule has 112 valence electrons. The number of hydrogen-bond donors (Lipinski definition) is 1. The highest BCUT2D eigenvalue weighted by molar-refractivity contribution is 6.30. The number of ether oxygens (including phenoxy) is 2. The van der Waals surface area contributed by atoms with Crippen molar-refractivity contribution in [2.45, 2.75) is 13.3 Å². The van der Waals surface area contributed by atoms with E-state index in [0.717, 1.165) is 5.56 Å². The zero-order chi connectivity index (χ0) is 15.1. The Bertz CT molecular complexity index is 466. The van der Waals surface area contributed by atoms with E-state index in [2.05, 4.69) is 0 Å². The fraction of sp³-hybridized carbons (Fsp3) is 0.500. The Morgan fingerprint density at radius 1 is 1.45 bits per heavy atom. The Morgan fingerprint density at radius 2 is 2.15 bits per heavy atom. The fourth-order valence-electron chi connectivity index (χ4n) is 1.70. The molecular weight excluding hydrogens is 280 g/mol. The van der Waals surface area contributed by atoms with Crippen LogP contribution in [-0.2, 0) is 11.2 Å². The lowest BCUT2D eigenvalue weighted by atomic mass is 10.1. The molecule has 0 atom stereocenters. The van der Waals surface area contributed by atoms with Gasteiger partial charge in [-0.25, -0.2) is 0 Å². The molecule has 2 N–H and O–H groups in total. The third kappa shape index (κ3) is 4.28. The van der Waals surface area contributed by atoms with E-state index in [0.29, 0.717) is 36.0 Å². The second kappa shape index (κ2) is 7.97. The van der Waals surface area contributed by atoms with Crippen molar-refractivity contribution in [3.63, 3.8) is 0 Å². The first kappa shape index (κ1) is 16.6. The lowest BCUT2D eigenvalue weighted by molar-refractivity contribution is -0.131. The van der Waals surface area contributed by atoms with Gasteiger partial charge in [-0.1, -0.05) is 11.6 Å². The Hall–Kier alpha value is -1.46. The molecule has 0 fully saturated rings. The van der Waals surface area contributed by atoms with Crippen LogP contribution in [0.2, 0.25) is 5.02 Å². The first-order valence-corrected chi connectivity index (χ1v) is 6.84. The highest BCUT2D eigenvalue weighted by Gasteiger charge is 2.15. The SMILES string of the molecule is CCN(C)C(=O)COc1c(CCN)cc(Cl)cc1OC. The second-order valence-corrected chi connectivity index (χ2v) is 4.77. The third-order valence-electron chi connectivity index (χ3n) is 2.97. The summed E-state index contributed by atoms with van der Waals surface area (Å²) >= 11 is 6.02. The predicted molar refractivity (Wildman–Crippen MR) is 79.6 cm³/mol. The fourth-order valence-corrected chi connectivity index (χ4v) is 1.93. The Morgan fingerprint density at radius 3 is 2.70 bits per heavy atom. The number of nitrogens with zero attached hydrogens (tertiary/aromatic N) is 1. The molecule has 0 aliphatic heterocycles. The van der Waals surface area contributed by atoms with Crippen molar-refractivity contribution in [3.05, 3.63) is 22.7 Å². The second-order valence-electron chi connectivity index (χ2n) is 4.33. The van der Waals surface area contributed by atoms with Gasteiger partial charge in [-0.15, -0.1) is 0 Å². The summed E-state index contributed by atoms with van der Waals surface area (Å²) in [7, 11) is 3.26. The first-order valence-electron chi connectivity index (χ1n) is 6.46. The van der Waals surface area contributed by atoms with Crippen molar-refractivity contribution in [2.75, 3.05) is 33.9 Å². The highest BCUT2D eigenvalue weighted by Crippen LogP contribution is 2.35. The number of methoxy groups -OCH3 is 1. The number of rotatable bonds is 7. The van der Waals surface area contributed by atoms with Crippen molar-refractivity contribution >= 4 is 17.5 Å². The zero-order valence-corrected chi connectivity index (χ0v) is 12.9. The van der Waals surface area contributed by atoms with Gasteiger partial charge in [-0.3, -0.25) is 4.79 Å². The van der Waals surface area contributed by atoms with Gasteiger partial charge in [0.2, 0.25) is 0 Å². The molecule has 0 bridgehead atoms. The summed E-state index contributed by atoms with van der Waals surface area (Å²) in [5, 5.41) is 0.551. The summed E-state index contributed by atoms with van der Waals surface area (Å²) < 4.78 is 10.9. The molecule has 0 heterocycles. The lowest BCUT2D eigenvalue weighted by Gasteiger charge is -2.18. The summed E-state index contributed by atoms with van der Waals surface area (Å²) in [5.41, 5.74) is 6.42. The molecule has 0 aliphatic rings. The quantitative estimate of drug-likeness (QED) is 0.832. The molecule has 1 rings (SSSR count). The molecule has 1 amide bonds. The summed E-state index contributed by atoms with van der Waals surface area (Å²) in [6.07, 6.45) is 0.601. The number of likely N-dealkylation sites (N-methyl/N-ethyl adjacent to an activating group) is 1. The van der Waals surface area contributed by atoms with Gasteiger partial charge in [0.1, 0.15) is 0 Å². The molecular formula is C14H21ClN2O3. The first-order chi connectivity index (χ1) is 9.53. The maximum atomic E-state index is 11.8. The monoisotopic (exact) mass is 300 g/mol. The van der Waals surface area contributed by atoms with Crippen LogP contribution < -0.4 is 15.2 Å². The van der Waals surface area contributed by atoms with Gasteiger partial charge < -0.3 is 20.1 Å². The smallest absolute Gasteiger partial charge is 0.260 e. The number of hydrogen-bond acceptors (Lipinski definition) is 4. The van der Waals surface area contributed by atoms with Crippen molar-refractivity contribution < 1.29 is 14.3 Å². The molecule has 0 aromatic heterocycles. The molecule has 6 heteroatoms. The van der Waals surface area contributed by atoms with E-state index < -0.39 is 0 Å².